The maximum Gasteiger partial charge on any atom is 0.0711 e. The predicted octanol–water partition coefficient (Wildman–Crippen LogP) is 1.97. The molecule has 2 fully saturated rings. The summed E-state index contributed by atoms with van der Waals surface area (Å²) in [4.78, 5) is 0. The molecule has 0 amide bonds. The van der Waals surface area contributed by atoms with Crippen LogP contribution in [0.4, 0.5) is 0 Å². The van der Waals surface area contributed by atoms with Gasteiger partial charge in [-0.3, -0.25) is 0 Å². The van der Waals surface area contributed by atoms with E-state index in [-0.39, 0.29) is 0 Å². The van der Waals surface area contributed by atoms with E-state index in [0.29, 0.717) is 5.60 Å². The van der Waals surface area contributed by atoms with Gasteiger partial charge in [-0.1, -0.05) is 12.8 Å². The Morgan fingerprint density at radius 2 is 2.33 bits per heavy atom. The van der Waals surface area contributed by atoms with Crippen LogP contribution in [0.3, 0.4) is 0 Å². The first-order chi connectivity index (χ1) is 4.37. The van der Waals surface area contributed by atoms with Crippen molar-refractivity contribution < 1.29 is 4.74 Å². The van der Waals surface area contributed by atoms with Crippen LogP contribution < -0.4 is 0 Å². The Bertz CT molecular complexity index is 122. The number of fused-ring (bicyclic) bond motifs is 1. The molecule has 0 radical (unpaired) electrons. The van der Waals surface area contributed by atoms with E-state index in [4.69, 9.17) is 4.74 Å². The van der Waals surface area contributed by atoms with Crippen LogP contribution in [0.1, 0.15) is 32.1 Å². The van der Waals surface area contributed by atoms with E-state index in [1.165, 1.54) is 32.1 Å². The summed E-state index contributed by atoms with van der Waals surface area (Å²) in [6.45, 7) is 0. The minimum absolute atomic E-state index is 0.387. The molecule has 9 heavy (non-hydrogen) atoms. The Balaban J connectivity index is 2.01. The average molecular weight is 126 g/mol. The summed E-state index contributed by atoms with van der Waals surface area (Å²) in [5, 5.41) is 0. The standard InChI is InChI=1S/C8H14O/c1-9-8-5-3-2-4-7(8)6-8/h7H,2-6H2,1H3. The highest BCUT2D eigenvalue weighted by molar-refractivity contribution is 5.06. The number of hydrogen-bond donors (Lipinski definition) is 0. The molecule has 0 bridgehead atoms. The summed E-state index contributed by atoms with van der Waals surface area (Å²) in [5.74, 6) is 0.941. The first-order valence-corrected chi connectivity index (χ1v) is 3.92. The molecule has 2 aliphatic rings. The highest BCUT2D eigenvalue weighted by Crippen LogP contribution is 2.55. The van der Waals surface area contributed by atoms with Gasteiger partial charge in [0.05, 0.1) is 5.60 Å². The molecule has 52 valence electrons. The Morgan fingerprint density at radius 3 is 2.89 bits per heavy atom. The molecule has 0 aromatic heterocycles. The molecule has 0 spiro atoms. The Hall–Kier alpha value is -0.0400. The summed E-state index contributed by atoms with van der Waals surface area (Å²) in [5.41, 5.74) is 0.387. The summed E-state index contributed by atoms with van der Waals surface area (Å²) in [7, 11) is 1.87. The molecule has 2 saturated carbocycles. The van der Waals surface area contributed by atoms with E-state index in [2.05, 4.69) is 0 Å². The molecule has 0 N–H and O–H groups in total. The minimum atomic E-state index is 0.387. The monoisotopic (exact) mass is 126 g/mol. The molecule has 0 aliphatic heterocycles. The first-order valence-electron chi connectivity index (χ1n) is 3.92. The summed E-state index contributed by atoms with van der Waals surface area (Å²) < 4.78 is 5.45. The predicted molar refractivity (Wildman–Crippen MR) is 36.3 cm³/mol. The van der Waals surface area contributed by atoms with Crippen molar-refractivity contribution in [3.8, 4) is 0 Å². The van der Waals surface area contributed by atoms with Gasteiger partial charge in [-0.05, 0) is 25.2 Å². The first kappa shape index (κ1) is 5.72. The lowest BCUT2D eigenvalue weighted by Crippen LogP contribution is -2.18. The Labute approximate surface area is 56.4 Å². The third-order valence-electron chi connectivity index (χ3n) is 2.98. The number of rotatable bonds is 1. The zero-order valence-corrected chi connectivity index (χ0v) is 6.02. The SMILES string of the molecule is COC12CCCCC1C2. The zero-order chi connectivity index (χ0) is 6.32. The molecule has 1 nitrogen and oxygen atoms in total. The molecule has 2 atom stereocenters. The third-order valence-corrected chi connectivity index (χ3v) is 2.98. The molecule has 2 unspecified atom stereocenters. The van der Waals surface area contributed by atoms with Crippen LogP contribution in [0.25, 0.3) is 0 Å². The van der Waals surface area contributed by atoms with E-state index in [1.54, 1.807) is 0 Å². The third kappa shape index (κ3) is 0.710. The van der Waals surface area contributed by atoms with E-state index < -0.39 is 0 Å². The van der Waals surface area contributed by atoms with Gasteiger partial charge < -0.3 is 4.74 Å². The Morgan fingerprint density at radius 1 is 1.44 bits per heavy atom. The highest BCUT2D eigenvalue weighted by atomic mass is 16.5. The molecule has 0 saturated heterocycles. The van der Waals surface area contributed by atoms with E-state index in [9.17, 15) is 0 Å². The minimum Gasteiger partial charge on any atom is -0.378 e. The normalized spacial score (nSPS) is 48.3. The van der Waals surface area contributed by atoms with Crippen molar-refractivity contribution in [3.05, 3.63) is 0 Å². The van der Waals surface area contributed by atoms with Crippen LogP contribution in [0.2, 0.25) is 0 Å². The van der Waals surface area contributed by atoms with Gasteiger partial charge in [0.25, 0.3) is 0 Å². The average Bonchev–Trinajstić information content (AvgIpc) is 2.62. The van der Waals surface area contributed by atoms with Gasteiger partial charge in [-0.15, -0.1) is 0 Å². The maximum absolute atomic E-state index is 5.45. The fraction of sp³-hybridized carbons (Fsp3) is 1.00. The Kier molecular flexibility index (Phi) is 1.10. The molecule has 0 aromatic rings. The van der Waals surface area contributed by atoms with Gasteiger partial charge in [0, 0.05) is 7.11 Å². The van der Waals surface area contributed by atoms with Crippen LogP contribution in [0, 0.1) is 5.92 Å². The van der Waals surface area contributed by atoms with E-state index >= 15 is 0 Å². The maximum atomic E-state index is 5.45. The van der Waals surface area contributed by atoms with Gasteiger partial charge in [0.2, 0.25) is 0 Å². The smallest absolute Gasteiger partial charge is 0.0711 e. The lowest BCUT2D eigenvalue weighted by molar-refractivity contribution is 0.0442. The number of methoxy groups -OCH3 is 1. The zero-order valence-electron chi connectivity index (χ0n) is 6.02. The molecular formula is C8H14O. The molecule has 2 rings (SSSR count). The second-order valence-electron chi connectivity index (χ2n) is 3.42. The second kappa shape index (κ2) is 1.72. The topological polar surface area (TPSA) is 9.23 Å². The van der Waals surface area contributed by atoms with Crippen LogP contribution in [0.15, 0.2) is 0 Å². The second-order valence-corrected chi connectivity index (χ2v) is 3.42. The van der Waals surface area contributed by atoms with Crippen molar-refractivity contribution in [1.29, 1.82) is 0 Å². The highest BCUT2D eigenvalue weighted by Gasteiger charge is 2.55. The van der Waals surface area contributed by atoms with Gasteiger partial charge in [0.1, 0.15) is 0 Å². The summed E-state index contributed by atoms with van der Waals surface area (Å²) >= 11 is 0. The van der Waals surface area contributed by atoms with Crippen LogP contribution in [0.5, 0.6) is 0 Å². The van der Waals surface area contributed by atoms with Gasteiger partial charge in [-0.25, -0.2) is 0 Å². The van der Waals surface area contributed by atoms with Crippen molar-refractivity contribution in [2.45, 2.75) is 37.7 Å². The molecular weight excluding hydrogens is 112 g/mol. The quantitative estimate of drug-likeness (QED) is 0.522. The van der Waals surface area contributed by atoms with Gasteiger partial charge in [0.15, 0.2) is 0 Å². The molecule has 0 heterocycles. The van der Waals surface area contributed by atoms with Crippen LogP contribution in [-0.2, 0) is 4.74 Å². The molecule has 1 heteroatoms. The lowest BCUT2D eigenvalue weighted by Gasteiger charge is -2.19. The van der Waals surface area contributed by atoms with Gasteiger partial charge in [-0.2, -0.15) is 0 Å². The van der Waals surface area contributed by atoms with Crippen molar-refractivity contribution in [2.75, 3.05) is 7.11 Å². The fourth-order valence-corrected chi connectivity index (χ4v) is 2.20. The van der Waals surface area contributed by atoms with Crippen LogP contribution >= 0.6 is 0 Å². The largest absolute Gasteiger partial charge is 0.378 e. The molecule has 0 aromatic carbocycles. The van der Waals surface area contributed by atoms with Crippen LogP contribution in [-0.4, -0.2) is 12.7 Å². The summed E-state index contributed by atoms with van der Waals surface area (Å²) in [6, 6.07) is 0. The summed E-state index contributed by atoms with van der Waals surface area (Å²) in [6.07, 6.45) is 6.94. The van der Waals surface area contributed by atoms with Crippen molar-refractivity contribution >= 4 is 0 Å². The lowest BCUT2D eigenvalue weighted by atomic mass is 9.98. The van der Waals surface area contributed by atoms with E-state index in [1.807, 2.05) is 7.11 Å². The number of hydrogen-bond acceptors (Lipinski definition) is 1. The van der Waals surface area contributed by atoms with Crippen molar-refractivity contribution in [2.24, 2.45) is 5.92 Å². The molecule has 2 aliphatic carbocycles. The van der Waals surface area contributed by atoms with Crippen molar-refractivity contribution in [3.63, 3.8) is 0 Å². The number of ether oxygens (including phenoxy) is 1. The van der Waals surface area contributed by atoms with Gasteiger partial charge >= 0.3 is 0 Å². The fourth-order valence-electron chi connectivity index (χ4n) is 2.20. The van der Waals surface area contributed by atoms with E-state index in [0.717, 1.165) is 5.92 Å². The van der Waals surface area contributed by atoms with Crippen molar-refractivity contribution in [1.82, 2.24) is 0 Å².